The van der Waals surface area contributed by atoms with Gasteiger partial charge in [0.1, 0.15) is 5.82 Å². The number of aromatic nitrogens is 1. The van der Waals surface area contributed by atoms with Crippen molar-refractivity contribution in [2.45, 2.75) is 31.5 Å². The largest absolute Gasteiger partial charge is 0.459 e. The number of fused-ring (bicyclic) bond motifs is 1. The SMILES string of the molecule is Cc1ccoc1C(=O)NC[C@H]1[C@H]2CN(c3cc(C#N)ccn3)C[C@]23CC[C@H]1O3. The van der Waals surface area contributed by atoms with Gasteiger partial charge in [-0.25, -0.2) is 4.98 Å². The highest BCUT2D eigenvalue weighted by atomic mass is 16.5. The van der Waals surface area contributed by atoms with Crippen molar-refractivity contribution < 1.29 is 13.9 Å². The van der Waals surface area contributed by atoms with Crippen molar-refractivity contribution in [3.63, 3.8) is 0 Å². The maximum absolute atomic E-state index is 12.4. The zero-order valence-electron chi connectivity index (χ0n) is 15.7. The molecule has 144 valence electrons. The summed E-state index contributed by atoms with van der Waals surface area (Å²) >= 11 is 0. The molecule has 0 saturated carbocycles. The van der Waals surface area contributed by atoms with E-state index < -0.39 is 0 Å². The fraction of sp³-hybridized carbons (Fsp3) is 0.476. The first-order valence-corrected chi connectivity index (χ1v) is 9.71. The maximum atomic E-state index is 12.4. The van der Waals surface area contributed by atoms with Gasteiger partial charge in [-0.3, -0.25) is 4.79 Å². The van der Waals surface area contributed by atoms with Crippen LogP contribution in [0.3, 0.4) is 0 Å². The second-order valence-corrected chi connectivity index (χ2v) is 8.07. The Morgan fingerprint density at radius 1 is 1.50 bits per heavy atom. The molecule has 28 heavy (non-hydrogen) atoms. The van der Waals surface area contributed by atoms with Crippen LogP contribution in [0.4, 0.5) is 5.82 Å². The van der Waals surface area contributed by atoms with Crippen molar-refractivity contribution in [1.82, 2.24) is 10.3 Å². The van der Waals surface area contributed by atoms with Gasteiger partial charge in [-0.2, -0.15) is 5.26 Å². The molecule has 1 N–H and O–H groups in total. The van der Waals surface area contributed by atoms with Crippen molar-refractivity contribution in [1.29, 1.82) is 5.26 Å². The smallest absolute Gasteiger partial charge is 0.287 e. The lowest BCUT2D eigenvalue weighted by Crippen LogP contribution is -2.41. The summed E-state index contributed by atoms with van der Waals surface area (Å²) in [5, 5.41) is 12.2. The van der Waals surface area contributed by atoms with E-state index in [2.05, 4.69) is 21.3 Å². The van der Waals surface area contributed by atoms with Gasteiger partial charge in [-0.15, -0.1) is 0 Å². The number of furan rings is 1. The van der Waals surface area contributed by atoms with Crippen molar-refractivity contribution >= 4 is 11.7 Å². The van der Waals surface area contributed by atoms with Gasteiger partial charge in [0.15, 0.2) is 5.76 Å². The lowest BCUT2D eigenvalue weighted by molar-refractivity contribution is 0.0141. The number of rotatable bonds is 4. The van der Waals surface area contributed by atoms with E-state index in [0.29, 0.717) is 23.8 Å². The number of aryl methyl sites for hydroxylation is 1. The minimum atomic E-state index is -0.169. The zero-order valence-corrected chi connectivity index (χ0v) is 15.7. The zero-order chi connectivity index (χ0) is 19.3. The van der Waals surface area contributed by atoms with Gasteiger partial charge in [0, 0.05) is 43.2 Å². The minimum absolute atomic E-state index is 0.162. The topological polar surface area (TPSA) is 91.4 Å². The maximum Gasteiger partial charge on any atom is 0.287 e. The molecule has 1 spiro atoms. The lowest BCUT2D eigenvalue weighted by Gasteiger charge is -2.29. The summed E-state index contributed by atoms with van der Waals surface area (Å²) in [5.41, 5.74) is 1.29. The van der Waals surface area contributed by atoms with E-state index in [0.717, 1.165) is 37.3 Å². The van der Waals surface area contributed by atoms with Crippen molar-refractivity contribution in [2.75, 3.05) is 24.5 Å². The summed E-state index contributed by atoms with van der Waals surface area (Å²) in [6.45, 7) is 4.07. The van der Waals surface area contributed by atoms with E-state index in [4.69, 9.17) is 14.4 Å². The standard InChI is InChI=1S/C21H22N4O3/c1-13-4-7-27-19(13)20(26)24-10-15-16-11-25(12-21(16)5-2-17(15)28-21)18-8-14(9-22)3-6-23-18/h3-4,6-8,15-17H,2,5,10-12H2,1H3,(H,24,26)/t15-,16+,17+,21+/m0/s1. The lowest BCUT2D eigenvalue weighted by atomic mass is 9.73. The molecule has 0 aromatic carbocycles. The van der Waals surface area contributed by atoms with Gasteiger partial charge in [-0.05, 0) is 38.0 Å². The third-order valence-corrected chi connectivity index (χ3v) is 6.55. The summed E-state index contributed by atoms with van der Waals surface area (Å²) in [4.78, 5) is 19.1. The molecule has 2 aromatic heterocycles. The average Bonchev–Trinajstić information content (AvgIpc) is 3.46. The Morgan fingerprint density at radius 3 is 3.18 bits per heavy atom. The number of ether oxygens (including phenoxy) is 1. The molecule has 0 radical (unpaired) electrons. The highest BCUT2D eigenvalue weighted by molar-refractivity contribution is 5.92. The third kappa shape index (κ3) is 2.60. The summed E-state index contributed by atoms with van der Waals surface area (Å²) in [6.07, 6.45) is 5.48. The number of anilines is 1. The Balaban J connectivity index is 1.31. The molecule has 5 heterocycles. The molecule has 3 saturated heterocycles. The molecule has 3 aliphatic rings. The predicted molar refractivity (Wildman–Crippen MR) is 101 cm³/mol. The molecule has 3 fully saturated rings. The van der Waals surface area contributed by atoms with Crippen molar-refractivity contribution in [2.24, 2.45) is 11.8 Å². The second-order valence-electron chi connectivity index (χ2n) is 8.07. The number of nitriles is 1. The highest BCUT2D eigenvalue weighted by Crippen LogP contribution is 2.55. The van der Waals surface area contributed by atoms with Gasteiger partial charge >= 0.3 is 0 Å². The fourth-order valence-electron chi connectivity index (χ4n) is 5.20. The first kappa shape index (κ1) is 17.3. The van der Waals surface area contributed by atoms with Crippen LogP contribution in [0.25, 0.3) is 0 Å². The number of nitrogens with one attached hydrogen (secondary N) is 1. The summed E-state index contributed by atoms with van der Waals surface area (Å²) in [7, 11) is 0. The quantitative estimate of drug-likeness (QED) is 0.878. The van der Waals surface area contributed by atoms with Crippen LogP contribution >= 0.6 is 0 Å². The number of hydrogen-bond donors (Lipinski definition) is 1. The molecular formula is C21H22N4O3. The number of carbonyl (C=O) groups excluding carboxylic acids is 1. The first-order chi connectivity index (χ1) is 13.6. The van der Waals surface area contributed by atoms with Crippen LogP contribution in [0.2, 0.25) is 0 Å². The molecule has 0 unspecified atom stereocenters. The number of amides is 1. The molecule has 2 bridgehead atoms. The van der Waals surface area contributed by atoms with Gasteiger partial charge in [0.2, 0.25) is 0 Å². The van der Waals surface area contributed by atoms with Crippen LogP contribution in [0.5, 0.6) is 0 Å². The Morgan fingerprint density at radius 2 is 2.39 bits per heavy atom. The molecule has 7 heteroatoms. The van der Waals surface area contributed by atoms with Crippen LogP contribution < -0.4 is 10.2 Å². The van der Waals surface area contributed by atoms with E-state index in [1.54, 1.807) is 18.3 Å². The molecule has 3 aliphatic heterocycles. The highest BCUT2D eigenvalue weighted by Gasteiger charge is 2.63. The van der Waals surface area contributed by atoms with E-state index in [1.165, 1.54) is 6.26 Å². The fourth-order valence-corrected chi connectivity index (χ4v) is 5.20. The van der Waals surface area contributed by atoms with Crippen LogP contribution in [-0.4, -0.2) is 42.2 Å². The minimum Gasteiger partial charge on any atom is -0.459 e. The molecule has 1 amide bonds. The van der Waals surface area contributed by atoms with E-state index >= 15 is 0 Å². The van der Waals surface area contributed by atoms with Crippen LogP contribution in [-0.2, 0) is 4.74 Å². The van der Waals surface area contributed by atoms with E-state index in [9.17, 15) is 4.79 Å². The summed E-state index contributed by atoms with van der Waals surface area (Å²) < 4.78 is 11.7. The molecule has 4 atom stereocenters. The van der Waals surface area contributed by atoms with Gasteiger partial charge < -0.3 is 19.4 Å². The first-order valence-electron chi connectivity index (χ1n) is 9.71. The van der Waals surface area contributed by atoms with Crippen molar-refractivity contribution in [3.05, 3.63) is 47.5 Å². The normalized spacial score (nSPS) is 30.3. The van der Waals surface area contributed by atoms with Gasteiger partial charge in [0.05, 0.1) is 29.6 Å². The Labute approximate surface area is 163 Å². The molecule has 0 aliphatic carbocycles. The van der Waals surface area contributed by atoms with Crippen molar-refractivity contribution in [3.8, 4) is 6.07 Å². The number of nitrogens with zero attached hydrogens (tertiary/aromatic N) is 3. The number of carbonyl (C=O) groups is 1. The van der Waals surface area contributed by atoms with Crippen LogP contribution in [0, 0.1) is 30.1 Å². The van der Waals surface area contributed by atoms with Crippen LogP contribution in [0.1, 0.15) is 34.5 Å². The summed E-state index contributed by atoms with van der Waals surface area (Å²) in [6, 6.07) is 7.52. The Bertz CT molecular complexity index is 965. The second kappa shape index (κ2) is 6.35. The summed E-state index contributed by atoms with van der Waals surface area (Å²) in [5.74, 6) is 1.65. The molecule has 5 rings (SSSR count). The molecule has 2 aromatic rings. The average molecular weight is 378 g/mol. The Kier molecular flexibility index (Phi) is 3.91. The van der Waals surface area contributed by atoms with Gasteiger partial charge in [0.25, 0.3) is 5.91 Å². The van der Waals surface area contributed by atoms with E-state index in [1.807, 2.05) is 13.0 Å². The van der Waals surface area contributed by atoms with Gasteiger partial charge in [-0.1, -0.05) is 0 Å². The number of hydrogen-bond acceptors (Lipinski definition) is 6. The number of pyridine rings is 1. The monoisotopic (exact) mass is 378 g/mol. The predicted octanol–water partition coefficient (Wildman–Crippen LogP) is 2.27. The molecular weight excluding hydrogens is 356 g/mol. The Hall–Kier alpha value is -2.85. The van der Waals surface area contributed by atoms with E-state index in [-0.39, 0.29) is 23.5 Å². The molecule has 7 nitrogen and oxygen atoms in total. The van der Waals surface area contributed by atoms with Crippen LogP contribution in [0.15, 0.2) is 35.1 Å². The third-order valence-electron chi connectivity index (χ3n) is 6.55.